The highest BCUT2D eigenvalue weighted by molar-refractivity contribution is 6.12. The van der Waals surface area contributed by atoms with E-state index in [1.54, 1.807) is 0 Å². The second-order valence-corrected chi connectivity index (χ2v) is 25.4. The van der Waals surface area contributed by atoms with Gasteiger partial charge in [-0.05, 0) is 128 Å². The number of hydrogen-bond donors (Lipinski definition) is 0. The Morgan fingerprint density at radius 2 is 0.627 bits per heavy atom. The van der Waals surface area contributed by atoms with Crippen molar-refractivity contribution >= 4 is 77.7 Å². The van der Waals surface area contributed by atoms with Crippen molar-refractivity contribution in [1.82, 2.24) is 9.13 Å². The largest absolute Gasteiger partial charge is 0.309 e. The Labute approximate surface area is 443 Å². The van der Waals surface area contributed by atoms with Gasteiger partial charge in [0, 0.05) is 55.8 Å². The second kappa shape index (κ2) is 16.3. The van der Waals surface area contributed by atoms with Gasteiger partial charge in [-0.1, -0.05) is 198 Å². The van der Waals surface area contributed by atoms with E-state index in [0.29, 0.717) is 0 Å². The molecule has 0 unspecified atom stereocenters. The first kappa shape index (κ1) is 46.9. The van der Waals surface area contributed by atoms with Crippen LogP contribution < -0.4 is 9.80 Å². The van der Waals surface area contributed by atoms with Crippen LogP contribution in [0.1, 0.15) is 128 Å². The van der Waals surface area contributed by atoms with Gasteiger partial charge in [0.25, 0.3) is 0 Å². The second-order valence-electron chi connectivity index (χ2n) is 25.4. The molecule has 2 aliphatic heterocycles. The molecule has 4 nitrogen and oxygen atoms in total. The standard InChI is InChI=1S/C71H68N4/c1-68(2,3)52-28-15-19-34-60(52)74-58-40-38-44(72-56-32-17-13-24-46(56)48-26-21-30-54(66(48)72)70(7,8)9)42-50(58)64-51-43-45(73-57-33-18-14-25-47(57)49-27-22-31-55(67(49)73)71(10,11)12)39-41-59(51)75(63-37-23-36-62(74)65(63)64)61-35-20-16-29-53(61)69(4,5)6/h13-43,64H,1-12H3. The summed E-state index contributed by atoms with van der Waals surface area (Å²) in [5.74, 6) is -0.123. The van der Waals surface area contributed by atoms with Crippen LogP contribution in [0.15, 0.2) is 188 Å². The summed E-state index contributed by atoms with van der Waals surface area (Å²) in [4.78, 5) is 5.21. The van der Waals surface area contributed by atoms with E-state index >= 15 is 0 Å². The molecule has 0 saturated carbocycles. The molecule has 4 heteroatoms. The third kappa shape index (κ3) is 7.08. The van der Waals surface area contributed by atoms with Crippen LogP contribution in [0.25, 0.3) is 55.0 Å². The first-order valence-corrected chi connectivity index (χ1v) is 27.1. The van der Waals surface area contributed by atoms with Gasteiger partial charge in [0.1, 0.15) is 0 Å². The van der Waals surface area contributed by atoms with Gasteiger partial charge >= 0.3 is 0 Å². The van der Waals surface area contributed by atoms with E-state index in [2.05, 4.69) is 290 Å². The van der Waals surface area contributed by atoms with E-state index < -0.39 is 0 Å². The molecule has 0 bridgehead atoms. The summed E-state index contributed by atoms with van der Waals surface area (Å²) in [7, 11) is 0. The lowest BCUT2D eigenvalue weighted by Gasteiger charge is -2.46. The SMILES string of the molecule is CC(C)(C)c1ccccc1N1c2ccc(-n3c4ccccc4c4cccc(C(C)(C)C)c43)cc2C2c3cc(-n4c5ccccc5c5cccc(C(C)(C)C)c54)ccc3N(c3ccccc3C(C)(C)C)c3cccc1c32. The van der Waals surface area contributed by atoms with Crippen molar-refractivity contribution in [2.75, 3.05) is 9.80 Å². The highest BCUT2D eigenvalue weighted by Gasteiger charge is 2.43. The van der Waals surface area contributed by atoms with Crippen molar-refractivity contribution in [2.45, 2.75) is 111 Å². The van der Waals surface area contributed by atoms with E-state index in [9.17, 15) is 0 Å². The van der Waals surface area contributed by atoms with Gasteiger partial charge in [-0.2, -0.15) is 0 Å². The van der Waals surface area contributed by atoms with Crippen molar-refractivity contribution in [2.24, 2.45) is 0 Å². The van der Waals surface area contributed by atoms with Crippen LogP contribution in [0.3, 0.4) is 0 Å². The maximum absolute atomic E-state index is 2.60. The van der Waals surface area contributed by atoms with Crippen molar-refractivity contribution in [3.63, 3.8) is 0 Å². The number of nitrogens with zero attached hydrogens (tertiary/aromatic N) is 4. The number of para-hydroxylation sites is 6. The van der Waals surface area contributed by atoms with E-state index in [1.807, 2.05) is 0 Å². The Balaban J connectivity index is 1.18. The highest BCUT2D eigenvalue weighted by atomic mass is 15.2. The molecule has 2 aromatic heterocycles. The molecule has 13 rings (SSSR count). The van der Waals surface area contributed by atoms with E-state index in [0.717, 1.165) is 11.4 Å². The van der Waals surface area contributed by atoms with Crippen molar-refractivity contribution in [3.8, 4) is 11.4 Å². The Morgan fingerprint density at radius 3 is 1.04 bits per heavy atom. The minimum atomic E-state index is -0.123. The zero-order valence-electron chi connectivity index (χ0n) is 45.8. The van der Waals surface area contributed by atoms with E-state index in [1.165, 1.54) is 117 Å². The van der Waals surface area contributed by atoms with Crippen LogP contribution in [0.4, 0.5) is 34.1 Å². The molecule has 0 atom stereocenters. The van der Waals surface area contributed by atoms with Gasteiger partial charge in [-0.15, -0.1) is 0 Å². The summed E-state index contributed by atoms with van der Waals surface area (Å²) in [6.45, 7) is 28.2. The molecule has 9 aromatic carbocycles. The van der Waals surface area contributed by atoms with Gasteiger partial charge < -0.3 is 18.9 Å². The third-order valence-corrected chi connectivity index (χ3v) is 16.4. The van der Waals surface area contributed by atoms with E-state index in [-0.39, 0.29) is 27.6 Å². The van der Waals surface area contributed by atoms with Gasteiger partial charge in [0.15, 0.2) is 0 Å². The normalized spacial score (nSPS) is 14.0. The average molecular weight is 977 g/mol. The molecule has 4 heterocycles. The lowest BCUT2D eigenvalue weighted by atomic mass is 9.74. The summed E-state index contributed by atoms with van der Waals surface area (Å²) < 4.78 is 5.14. The average Bonchev–Trinajstić information content (AvgIpc) is 3.90. The summed E-state index contributed by atoms with van der Waals surface area (Å²) >= 11 is 0. The van der Waals surface area contributed by atoms with Gasteiger partial charge in [-0.25, -0.2) is 0 Å². The molecule has 11 aromatic rings. The molecule has 0 fully saturated rings. The molecule has 2 aliphatic rings. The maximum atomic E-state index is 2.60. The molecular formula is C71H68N4. The van der Waals surface area contributed by atoms with Gasteiger partial charge in [-0.3, -0.25) is 0 Å². The van der Waals surface area contributed by atoms with Crippen LogP contribution in [0, 0.1) is 0 Å². The summed E-state index contributed by atoms with van der Waals surface area (Å²) in [6.07, 6.45) is 0. The van der Waals surface area contributed by atoms with Crippen LogP contribution in [-0.4, -0.2) is 9.13 Å². The molecule has 0 amide bonds. The number of anilines is 6. The van der Waals surface area contributed by atoms with Crippen molar-refractivity contribution in [1.29, 1.82) is 0 Å². The summed E-state index contributed by atoms with van der Waals surface area (Å²) in [5.41, 5.74) is 23.3. The van der Waals surface area contributed by atoms with Gasteiger partial charge in [0.05, 0.1) is 44.8 Å². The third-order valence-electron chi connectivity index (χ3n) is 16.4. The van der Waals surface area contributed by atoms with Gasteiger partial charge in [0.2, 0.25) is 0 Å². The van der Waals surface area contributed by atoms with Crippen molar-refractivity contribution in [3.05, 3.63) is 227 Å². The number of rotatable bonds is 4. The molecule has 0 spiro atoms. The quantitative estimate of drug-likeness (QED) is 0.175. The zero-order valence-corrected chi connectivity index (χ0v) is 45.8. The first-order chi connectivity index (χ1) is 35.8. The topological polar surface area (TPSA) is 16.3 Å². The first-order valence-electron chi connectivity index (χ1n) is 27.1. The molecule has 372 valence electrons. The molecule has 0 aliphatic carbocycles. The minimum Gasteiger partial charge on any atom is -0.309 e. The zero-order chi connectivity index (χ0) is 52.1. The Bertz CT molecular complexity index is 3870. The fraction of sp³-hybridized carbons (Fsp3) is 0.239. The summed E-state index contributed by atoms with van der Waals surface area (Å²) in [5, 5.41) is 5.11. The molecule has 75 heavy (non-hydrogen) atoms. The van der Waals surface area contributed by atoms with Crippen LogP contribution in [-0.2, 0) is 21.7 Å². The highest BCUT2D eigenvalue weighted by Crippen LogP contribution is 2.62. The fourth-order valence-electron chi connectivity index (χ4n) is 13.1. The number of hydrogen-bond acceptors (Lipinski definition) is 2. The monoisotopic (exact) mass is 977 g/mol. The van der Waals surface area contributed by atoms with Crippen LogP contribution in [0.2, 0.25) is 0 Å². The smallest absolute Gasteiger partial charge is 0.0578 e. The molecular weight excluding hydrogens is 909 g/mol. The van der Waals surface area contributed by atoms with Crippen LogP contribution >= 0.6 is 0 Å². The number of aromatic nitrogens is 2. The summed E-state index contributed by atoms with van der Waals surface area (Å²) in [6, 6.07) is 71.9. The Kier molecular flexibility index (Phi) is 10.2. The Hall–Kier alpha value is -7.82. The molecule has 0 radical (unpaired) electrons. The predicted octanol–water partition coefficient (Wildman–Crippen LogP) is 19.8. The predicted molar refractivity (Wildman–Crippen MR) is 320 cm³/mol. The number of fused-ring (bicyclic) bond motifs is 10. The maximum Gasteiger partial charge on any atom is 0.0578 e. The van der Waals surface area contributed by atoms with Crippen LogP contribution in [0.5, 0.6) is 0 Å². The van der Waals surface area contributed by atoms with E-state index in [4.69, 9.17) is 0 Å². The number of benzene rings is 9. The Morgan fingerprint density at radius 1 is 0.293 bits per heavy atom. The van der Waals surface area contributed by atoms with Crippen molar-refractivity contribution < 1.29 is 0 Å². The lowest BCUT2D eigenvalue weighted by Crippen LogP contribution is -2.31. The minimum absolute atomic E-state index is 0.0909. The fourth-order valence-corrected chi connectivity index (χ4v) is 13.1. The molecule has 0 N–H and O–H groups in total. The molecule has 0 saturated heterocycles. The lowest BCUT2D eigenvalue weighted by molar-refractivity contribution is 0.590.